The van der Waals surface area contributed by atoms with Gasteiger partial charge in [-0.1, -0.05) is 6.58 Å². The van der Waals surface area contributed by atoms with Crippen molar-refractivity contribution in [2.75, 3.05) is 6.61 Å². The van der Waals surface area contributed by atoms with Crippen molar-refractivity contribution in [1.82, 2.24) is 0 Å². The fourth-order valence-electron chi connectivity index (χ4n) is 0.598. The maximum atomic E-state index is 11.1. The van der Waals surface area contributed by atoms with E-state index in [2.05, 4.69) is 21.1 Å². The predicted molar refractivity (Wildman–Crippen MR) is 52.8 cm³/mol. The first-order valence-corrected chi connectivity index (χ1v) is 4.41. The van der Waals surface area contributed by atoms with Crippen LogP contribution >= 0.6 is 0 Å². The molecule has 6 nitrogen and oxygen atoms in total. The lowest BCUT2D eigenvalue weighted by atomic mass is 10.3. The Bertz CT molecular complexity index is 328. The van der Waals surface area contributed by atoms with E-state index < -0.39 is 17.9 Å². The van der Waals surface area contributed by atoms with Crippen molar-refractivity contribution in [2.24, 2.45) is 0 Å². The van der Waals surface area contributed by atoms with Gasteiger partial charge in [-0.2, -0.15) is 0 Å². The molecule has 16 heavy (non-hydrogen) atoms. The summed E-state index contributed by atoms with van der Waals surface area (Å²) in [7, 11) is 0. The first-order chi connectivity index (χ1) is 7.51. The van der Waals surface area contributed by atoms with Gasteiger partial charge in [-0.3, -0.25) is 0 Å². The zero-order chi connectivity index (χ0) is 12.6. The quantitative estimate of drug-likeness (QED) is 0.305. The number of ether oxygens (including phenoxy) is 1. The molecule has 0 atom stereocenters. The summed E-state index contributed by atoms with van der Waals surface area (Å²) in [6, 6.07) is 0. The van der Waals surface area contributed by atoms with Crippen LogP contribution in [0.2, 0.25) is 0 Å². The van der Waals surface area contributed by atoms with Crippen LogP contribution in [0.1, 0.15) is 13.8 Å². The summed E-state index contributed by atoms with van der Waals surface area (Å²) in [5.74, 6) is -2.53. The Hall–Kier alpha value is -2.11. The average Bonchev–Trinajstić information content (AvgIpc) is 2.25. The van der Waals surface area contributed by atoms with E-state index in [0.717, 1.165) is 12.2 Å². The summed E-state index contributed by atoms with van der Waals surface area (Å²) >= 11 is 0. The Morgan fingerprint density at radius 1 is 1.19 bits per heavy atom. The Kier molecular flexibility index (Phi) is 6.27. The van der Waals surface area contributed by atoms with Gasteiger partial charge in [-0.05, 0) is 13.8 Å². The molecule has 0 aromatic rings. The number of carbonyl (C=O) groups is 3. The summed E-state index contributed by atoms with van der Waals surface area (Å²) in [6.45, 7) is 6.25. The van der Waals surface area contributed by atoms with E-state index in [1.165, 1.54) is 6.92 Å². The molecule has 0 saturated carbocycles. The zero-order valence-corrected chi connectivity index (χ0v) is 9.02. The van der Waals surface area contributed by atoms with Crippen LogP contribution in [0, 0.1) is 0 Å². The predicted octanol–water partition coefficient (Wildman–Crippen LogP) is 0.683. The van der Waals surface area contributed by atoms with Crippen LogP contribution in [0.15, 0.2) is 24.3 Å². The topological polar surface area (TPSA) is 78.9 Å². The van der Waals surface area contributed by atoms with Crippen molar-refractivity contribution in [2.45, 2.75) is 13.8 Å². The summed E-state index contributed by atoms with van der Waals surface area (Å²) in [5, 5.41) is 0. The fraction of sp³-hybridized carbons (Fsp3) is 0.300. The molecule has 0 aliphatic heterocycles. The average molecular weight is 228 g/mol. The first kappa shape index (κ1) is 13.9. The second-order valence-corrected chi connectivity index (χ2v) is 2.56. The van der Waals surface area contributed by atoms with Crippen LogP contribution < -0.4 is 0 Å². The third-order valence-electron chi connectivity index (χ3n) is 1.31. The molecule has 0 spiro atoms. The number of hydrogen-bond acceptors (Lipinski definition) is 6. The van der Waals surface area contributed by atoms with Crippen LogP contribution in [0.25, 0.3) is 0 Å². The summed E-state index contributed by atoms with van der Waals surface area (Å²) in [5.41, 5.74) is -0.0460. The minimum Gasteiger partial charge on any atom is -0.463 e. The van der Waals surface area contributed by atoms with Crippen molar-refractivity contribution < 1.29 is 28.9 Å². The second kappa shape index (κ2) is 7.22. The monoisotopic (exact) mass is 228 g/mol. The molecule has 0 fully saturated rings. The number of hydrogen-bond donors (Lipinski definition) is 0. The van der Waals surface area contributed by atoms with Crippen LogP contribution in [0.4, 0.5) is 0 Å². The Labute approximate surface area is 92.4 Å². The Morgan fingerprint density at radius 2 is 1.81 bits per heavy atom. The van der Waals surface area contributed by atoms with Gasteiger partial charge in [0.05, 0.1) is 6.61 Å². The van der Waals surface area contributed by atoms with E-state index in [1.807, 2.05) is 0 Å². The van der Waals surface area contributed by atoms with Crippen molar-refractivity contribution in [3.63, 3.8) is 0 Å². The lowest BCUT2D eigenvalue weighted by molar-refractivity contribution is -0.251. The molecular weight excluding hydrogens is 216 g/mol. The highest BCUT2D eigenvalue weighted by Crippen LogP contribution is 1.98. The molecule has 0 unspecified atom stereocenters. The molecule has 0 rings (SSSR count). The van der Waals surface area contributed by atoms with Crippen LogP contribution in [0.3, 0.4) is 0 Å². The second-order valence-electron chi connectivity index (χ2n) is 2.56. The van der Waals surface area contributed by atoms with E-state index in [4.69, 9.17) is 0 Å². The highest BCUT2D eigenvalue weighted by molar-refractivity contribution is 5.96. The van der Waals surface area contributed by atoms with Gasteiger partial charge in [0.1, 0.15) is 0 Å². The van der Waals surface area contributed by atoms with Crippen LogP contribution in [-0.2, 0) is 28.9 Å². The first-order valence-electron chi connectivity index (χ1n) is 4.41. The van der Waals surface area contributed by atoms with Gasteiger partial charge < -0.3 is 4.74 Å². The molecule has 0 saturated heterocycles. The van der Waals surface area contributed by atoms with Gasteiger partial charge in [0.25, 0.3) is 0 Å². The smallest absolute Gasteiger partial charge is 0.382 e. The van der Waals surface area contributed by atoms with Gasteiger partial charge >= 0.3 is 17.9 Å². The molecule has 0 radical (unpaired) electrons. The van der Waals surface area contributed by atoms with E-state index >= 15 is 0 Å². The standard InChI is InChI=1S/C10H12O6/c1-4-8(11)15-16-10(13)7(3)6-9(12)14-5-2/h4,6H,1,5H2,2-3H3/b7-6-. The third kappa shape index (κ3) is 5.58. The SMILES string of the molecule is C=CC(=O)OOC(=O)/C(C)=C\C(=O)OCC. The minimum atomic E-state index is -0.955. The highest BCUT2D eigenvalue weighted by Gasteiger charge is 2.11. The Balaban J connectivity index is 4.22. The molecular formula is C10H12O6. The molecule has 0 aliphatic rings. The largest absolute Gasteiger partial charge is 0.463 e. The number of carbonyl (C=O) groups excluding carboxylic acids is 3. The molecule has 0 aromatic heterocycles. The Morgan fingerprint density at radius 3 is 2.31 bits per heavy atom. The molecule has 0 heterocycles. The van der Waals surface area contributed by atoms with Crippen molar-refractivity contribution in [1.29, 1.82) is 0 Å². The molecule has 88 valence electrons. The molecule has 0 aromatic carbocycles. The maximum Gasteiger partial charge on any atom is 0.382 e. The van der Waals surface area contributed by atoms with Crippen molar-refractivity contribution in [3.8, 4) is 0 Å². The van der Waals surface area contributed by atoms with Gasteiger partial charge in [-0.15, -0.1) is 0 Å². The van der Waals surface area contributed by atoms with Gasteiger partial charge in [0.2, 0.25) is 0 Å². The normalized spacial score (nSPS) is 10.2. The van der Waals surface area contributed by atoms with E-state index in [1.54, 1.807) is 6.92 Å². The summed E-state index contributed by atoms with van der Waals surface area (Å²) in [6.07, 6.45) is 1.77. The van der Waals surface area contributed by atoms with E-state index in [-0.39, 0.29) is 12.2 Å². The van der Waals surface area contributed by atoms with Gasteiger partial charge in [0, 0.05) is 17.7 Å². The van der Waals surface area contributed by atoms with Gasteiger partial charge in [-0.25, -0.2) is 24.2 Å². The highest BCUT2D eigenvalue weighted by atomic mass is 17.2. The molecule has 0 bridgehead atoms. The maximum absolute atomic E-state index is 11.1. The van der Waals surface area contributed by atoms with Crippen LogP contribution in [-0.4, -0.2) is 24.5 Å². The number of rotatable bonds is 4. The van der Waals surface area contributed by atoms with Gasteiger partial charge in [0.15, 0.2) is 0 Å². The number of esters is 1. The summed E-state index contributed by atoms with van der Waals surface area (Å²) < 4.78 is 4.56. The lowest BCUT2D eigenvalue weighted by Crippen LogP contribution is -2.12. The molecule has 0 N–H and O–H groups in total. The van der Waals surface area contributed by atoms with E-state index in [0.29, 0.717) is 0 Å². The summed E-state index contributed by atoms with van der Waals surface area (Å²) in [4.78, 5) is 40.7. The fourth-order valence-corrected chi connectivity index (χ4v) is 0.598. The zero-order valence-electron chi connectivity index (χ0n) is 9.02. The lowest BCUT2D eigenvalue weighted by Gasteiger charge is -2.01. The third-order valence-corrected chi connectivity index (χ3v) is 1.31. The molecule has 0 amide bonds. The minimum absolute atomic E-state index is 0.0460. The van der Waals surface area contributed by atoms with Crippen LogP contribution in [0.5, 0.6) is 0 Å². The molecule has 0 aliphatic carbocycles. The van der Waals surface area contributed by atoms with Crippen molar-refractivity contribution >= 4 is 17.9 Å². The van der Waals surface area contributed by atoms with Crippen molar-refractivity contribution in [3.05, 3.63) is 24.3 Å². The molecule has 6 heteroatoms. The van der Waals surface area contributed by atoms with E-state index in [9.17, 15) is 14.4 Å².